The number of benzene rings is 3. The number of hydrogen-bond donors (Lipinski definition) is 1. The molecule has 8 heteroatoms. The molecule has 0 bridgehead atoms. The number of nitrogens with one attached hydrogen (secondary N) is 1. The minimum Gasteiger partial charge on any atom is -0.457 e. The van der Waals surface area contributed by atoms with Gasteiger partial charge in [0, 0.05) is 29.7 Å². The van der Waals surface area contributed by atoms with Gasteiger partial charge in [-0.1, -0.05) is 41.9 Å². The van der Waals surface area contributed by atoms with Crippen molar-refractivity contribution in [3.05, 3.63) is 88.9 Å². The van der Waals surface area contributed by atoms with Crippen molar-refractivity contribution in [2.24, 2.45) is 0 Å². The zero-order chi connectivity index (χ0) is 23.4. The van der Waals surface area contributed by atoms with E-state index in [0.717, 1.165) is 0 Å². The van der Waals surface area contributed by atoms with Gasteiger partial charge in [-0.2, -0.15) is 4.31 Å². The number of ether oxygens (including phenoxy) is 1. The summed E-state index contributed by atoms with van der Waals surface area (Å²) in [6.45, 7) is 2.31. The van der Waals surface area contributed by atoms with Gasteiger partial charge in [-0.3, -0.25) is 4.79 Å². The molecule has 1 N–H and O–H groups in total. The van der Waals surface area contributed by atoms with Gasteiger partial charge in [0.2, 0.25) is 10.0 Å². The van der Waals surface area contributed by atoms with E-state index in [2.05, 4.69) is 5.32 Å². The van der Waals surface area contributed by atoms with E-state index < -0.39 is 10.0 Å². The predicted molar refractivity (Wildman–Crippen MR) is 128 cm³/mol. The molecule has 33 heavy (non-hydrogen) atoms. The van der Waals surface area contributed by atoms with Crippen LogP contribution < -0.4 is 10.1 Å². The first-order chi connectivity index (χ1) is 15.8. The number of rotatable bonds is 6. The molecule has 1 atom stereocenters. The summed E-state index contributed by atoms with van der Waals surface area (Å²) >= 11 is 6.14. The van der Waals surface area contributed by atoms with Crippen LogP contribution in [-0.2, 0) is 10.0 Å². The molecule has 0 spiro atoms. The van der Waals surface area contributed by atoms with E-state index in [9.17, 15) is 13.2 Å². The van der Waals surface area contributed by atoms with Gasteiger partial charge in [-0.15, -0.1) is 0 Å². The molecule has 1 heterocycles. The van der Waals surface area contributed by atoms with Gasteiger partial charge in [0.15, 0.2) is 0 Å². The summed E-state index contributed by atoms with van der Waals surface area (Å²) in [6, 6.07) is 20.8. The lowest BCUT2D eigenvalue weighted by Gasteiger charge is -2.32. The first-order valence-corrected chi connectivity index (χ1v) is 12.6. The number of amides is 1. The Morgan fingerprint density at radius 1 is 1.03 bits per heavy atom. The number of para-hydroxylation sites is 1. The second-order valence-electron chi connectivity index (χ2n) is 7.98. The maximum atomic E-state index is 13.2. The molecule has 4 rings (SSSR count). The lowest BCUT2D eigenvalue weighted by molar-refractivity contribution is 0.0921. The molecule has 1 aliphatic heterocycles. The second kappa shape index (κ2) is 9.95. The molecule has 1 amide bonds. The third-order valence-electron chi connectivity index (χ3n) is 5.63. The molecule has 1 aliphatic rings. The first kappa shape index (κ1) is 23.3. The van der Waals surface area contributed by atoms with Gasteiger partial charge in [0.1, 0.15) is 11.5 Å². The Kier molecular flexibility index (Phi) is 7.02. The quantitative estimate of drug-likeness (QED) is 0.532. The summed E-state index contributed by atoms with van der Waals surface area (Å²) in [4.78, 5) is 13.1. The monoisotopic (exact) mass is 484 g/mol. The first-order valence-electron chi connectivity index (χ1n) is 10.7. The maximum absolute atomic E-state index is 13.2. The standard InChI is InChI=1S/C25H25ClN2O4S/c1-18-23(26)13-6-14-24(18)33(30,31)28-15-7-9-20(17-28)27-25(29)19-8-5-12-22(16-19)32-21-10-3-2-4-11-21/h2-6,8,10-14,16,20H,7,9,15,17H2,1H3,(H,27,29)/t20-/m0/s1. The zero-order valence-corrected chi connectivity index (χ0v) is 19.8. The van der Waals surface area contributed by atoms with Crippen LogP contribution in [0.1, 0.15) is 28.8 Å². The molecule has 0 saturated carbocycles. The minimum absolute atomic E-state index is 0.202. The van der Waals surface area contributed by atoms with Crippen LogP contribution in [0.4, 0.5) is 0 Å². The Hall–Kier alpha value is -2.87. The number of halogens is 1. The molecular weight excluding hydrogens is 460 g/mol. The molecule has 3 aromatic rings. The largest absolute Gasteiger partial charge is 0.457 e. The summed E-state index contributed by atoms with van der Waals surface area (Å²) < 4.78 is 33.7. The van der Waals surface area contributed by atoms with Crippen LogP contribution in [0, 0.1) is 6.92 Å². The lowest BCUT2D eigenvalue weighted by Crippen LogP contribution is -2.49. The third kappa shape index (κ3) is 5.38. The van der Waals surface area contributed by atoms with Gasteiger partial charge in [-0.05, 0) is 67.8 Å². The fourth-order valence-corrected chi connectivity index (χ4v) is 5.88. The van der Waals surface area contributed by atoms with Crippen LogP contribution >= 0.6 is 11.6 Å². The van der Waals surface area contributed by atoms with Gasteiger partial charge >= 0.3 is 0 Å². The lowest BCUT2D eigenvalue weighted by atomic mass is 10.1. The molecule has 1 saturated heterocycles. The number of piperidine rings is 1. The van der Waals surface area contributed by atoms with Crippen molar-refractivity contribution in [2.75, 3.05) is 13.1 Å². The van der Waals surface area contributed by atoms with Crippen LogP contribution in [0.3, 0.4) is 0 Å². The average molecular weight is 485 g/mol. The Labute approximate surface area is 199 Å². The van der Waals surface area contributed by atoms with Crippen LogP contribution in [0.2, 0.25) is 5.02 Å². The SMILES string of the molecule is Cc1c(Cl)cccc1S(=O)(=O)N1CCC[C@H](NC(=O)c2cccc(Oc3ccccc3)c2)C1. The van der Waals surface area contributed by atoms with Crippen molar-refractivity contribution < 1.29 is 17.9 Å². The molecule has 6 nitrogen and oxygen atoms in total. The number of nitrogens with zero attached hydrogens (tertiary/aromatic N) is 1. The fraction of sp³-hybridized carbons (Fsp3) is 0.240. The average Bonchev–Trinajstić information content (AvgIpc) is 2.82. The Morgan fingerprint density at radius 3 is 2.55 bits per heavy atom. The van der Waals surface area contributed by atoms with E-state index >= 15 is 0 Å². The van der Waals surface area contributed by atoms with Gasteiger partial charge in [0.05, 0.1) is 4.90 Å². The van der Waals surface area contributed by atoms with Gasteiger partial charge < -0.3 is 10.1 Å². The van der Waals surface area contributed by atoms with Crippen molar-refractivity contribution in [1.82, 2.24) is 9.62 Å². The van der Waals surface area contributed by atoms with Gasteiger partial charge in [-0.25, -0.2) is 8.42 Å². The van der Waals surface area contributed by atoms with Gasteiger partial charge in [0.25, 0.3) is 5.91 Å². The second-order valence-corrected chi connectivity index (χ2v) is 10.3. The van der Waals surface area contributed by atoms with Crippen molar-refractivity contribution in [3.8, 4) is 11.5 Å². The smallest absolute Gasteiger partial charge is 0.251 e. The summed E-state index contributed by atoms with van der Waals surface area (Å²) in [7, 11) is -3.71. The van der Waals surface area contributed by atoms with Crippen LogP contribution in [0.5, 0.6) is 11.5 Å². The fourth-order valence-electron chi connectivity index (χ4n) is 3.88. The predicted octanol–water partition coefficient (Wildman–Crippen LogP) is 5.02. The normalized spacial score (nSPS) is 16.8. The summed E-state index contributed by atoms with van der Waals surface area (Å²) in [5.41, 5.74) is 0.981. The third-order valence-corrected chi connectivity index (χ3v) is 8.05. The minimum atomic E-state index is -3.71. The maximum Gasteiger partial charge on any atom is 0.251 e. The highest BCUT2D eigenvalue weighted by molar-refractivity contribution is 7.89. The molecule has 1 fully saturated rings. The van der Waals surface area contributed by atoms with Crippen molar-refractivity contribution >= 4 is 27.5 Å². The van der Waals surface area contributed by atoms with Crippen molar-refractivity contribution in [1.29, 1.82) is 0 Å². The van der Waals surface area contributed by atoms with E-state index in [0.29, 0.717) is 47.0 Å². The molecule has 0 aromatic heterocycles. The topological polar surface area (TPSA) is 75.7 Å². The summed E-state index contributed by atoms with van der Waals surface area (Å²) in [5, 5.41) is 3.39. The van der Waals surface area contributed by atoms with Crippen LogP contribution in [0.25, 0.3) is 0 Å². The molecule has 3 aromatic carbocycles. The summed E-state index contributed by atoms with van der Waals surface area (Å²) in [5.74, 6) is 0.967. The van der Waals surface area contributed by atoms with E-state index in [4.69, 9.17) is 16.3 Å². The molecule has 0 unspecified atom stereocenters. The Bertz CT molecular complexity index is 1250. The number of carbonyl (C=O) groups is 1. The van der Waals surface area contributed by atoms with E-state index in [1.807, 2.05) is 30.3 Å². The Balaban J connectivity index is 1.45. The Morgan fingerprint density at radius 2 is 1.76 bits per heavy atom. The van der Waals surface area contributed by atoms with Crippen molar-refractivity contribution in [3.63, 3.8) is 0 Å². The van der Waals surface area contributed by atoms with E-state index in [1.54, 1.807) is 49.4 Å². The molecule has 172 valence electrons. The number of hydrogen-bond acceptors (Lipinski definition) is 4. The van der Waals surface area contributed by atoms with E-state index in [-0.39, 0.29) is 23.4 Å². The highest BCUT2D eigenvalue weighted by Gasteiger charge is 2.32. The highest BCUT2D eigenvalue weighted by Crippen LogP contribution is 2.28. The summed E-state index contributed by atoms with van der Waals surface area (Å²) in [6.07, 6.45) is 1.35. The molecular formula is C25H25ClN2O4S. The van der Waals surface area contributed by atoms with E-state index in [1.165, 1.54) is 4.31 Å². The highest BCUT2D eigenvalue weighted by atomic mass is 35.5. The van der Waals surface area contributed by atoms with Crippen LogP contribution in [-0.4, -0.2) is 37.8 Å². The van der Waals surface area contributed by atoms with Crippen molar-refractivity contribution in [2.45, 2.75) is 30.7 Å². The van der Waals surface area contributed by atoms with Crippen LogP contribution in [0.15, 0.2) is 77.7 Å². The number of carbonyl (C=O) groups excluding carboxylic acids is 1. The number of sulfonamides is 1. The molecule has 0 radical (unpaired) electrons. The zero-order valence-electron chi connectivity index (χ0n) is 18.2. The molecule has 0 aliphatic carbocycles.